The summed E-state index contributed by atoms with van der Waals surface area (Å²) < 4.78 is 10.0. The van der Waals surface area contributed by atoms with Gasteiger partial charge >= 0.3 is 12.1 Å². The van der Waals surface area contributed by atoms with Gasteiger partial charge in [0.25, 0.3) is 0 Å². The van der Waals surface area contributed by atoms with E-state index in [1.165, 1.54) is 19.2 Å². The second kappa shape index (κ2) is 7.19. The molecule has 1 amide bonds. The van der Waals surface area contributed by atoms with Crippen molar-refractivity contribution in [1.82, 2.24) is 0 Å². The Balaban J connectivity index is 3.10. The van der Waals surface area contributed by atoms with Crippen molar-refractivity contribution >= 4 is 17.7 Å². The summed E-state index contributed by atoms with van der Waals surface area (Å²) in [5.41, 5.74) is -0.615. The second-order valence-corrected chi connectivity index (χ2v) is 5.86. The zero-order valence-electron chi connectivity index (χ0n) is 13.4. The summed E-state index contributed by atoms with van der Waals surface area (Å²) in [6.07, 6.45) is -2.65. The third-order valence-corrected chi connectivity index (χ3v) is 2.71. The molecule has 1 aromatic rings. The van der Waals surface area contributed by atoms with Crippen LogP contribution in [0.25, 0.3) is 0 Å². The van der Waals surface area contributed by atoms with Gasteiger partial charge in [-0.2, -0.15) is 0 Å². The molecule has 0 heterocycles. The number of methoxy groups -OCH3 is 1. The van der Waals surface area contributed by atoms with Crippen LogP contribution in [0.1, 0.15) is 38.9 Å². The van der Waals surface area contributed by atoms with Gasteiger partial charge in [-0.25, -0.2) is 4.79 Å². The zero-order chi connectivity index (χ0) is 17.8. The molecule has 128 valence electrons. The number of hydrogen-bond donors (Lipinski definition) is 4. The average molecular weight is 327 g/mol. The smallest absolute Gasteiger partial charge is 0.412 e. The van der Waals surface area contributed by atoms with Gasteiger partial charge in [0.1, 0.15) is 5.60 Å². The van der Waals surface area contributed by atoms with Gasteiger partial charge in [0.05, 0.1) is 25.3 Å². The molecular weight excluding hydrogens is 306 g/mol. The number of carboxylic acids is 1. The average Bonchev–Trinajstić information content (AvgIpc) is 2.37. The van der Waals surface area contributed by atoms with Gasteiger partial charge in [0.2, 0.25) is 0 Å². The Hall–Kier alpha value is -2.48. The normalized spacial score (nSPS) is 12.4. The SMILES string of the molecule is COc1cc([C@H](O)CC(=O)O)cc(NC(=O)OC(C)(C)C)c1O. The molecule has 8 heteroatoms. The van der Waals surface area contributed by atoms with Crippen molar-refractivity contribution < 1.29 is 34.4 Å². The van der Waals surface area contributed by atoms with E-state index >= 15 is 0 Å². The van der Waals surface area contributed by atoms with Crippen molar-refractivity contribution in [3.63, 3.8) is 0 Å². The van der Waals surface area contributed by atoms with Crippen molar-refractivity contribution in [2.75, 3.05) is 12.4 Å². The van der Waals surface area contributed by atoms with E-state index in [0.717, 1.165) is 0 Å². The lowest BCUT2D eigenvalue weighted by atomic mass is 10.0. The number of benzene rings is 1. The van der Waals surface area contributed by atoms with Gasteiger partial charge in [0, 0.05) is 0 Å². The highest BCUT2D eigenvalue weighted by atomic mass is 16.6. The molecule has 1 atom stereocenters. The Bertz CT molecular complexity index is 592. The van der Waals surface area contributed by atoms with Crippen LogP contribution < -0.4 is 10.1 Å². The number of rotatable bonds is 5. The number of aromatic hydroxyl groups is 1. The van der Waals surface area contributed by atoms with Crippen molar-refractivity contribution in [1.29, 1.82) is 0 Å². The quantitative estimate of drug-likeness (QED) is 0.611. The van der Waals surface area contributed by atoms with Gasteiger partial charge in [-0.15, -0.1) is 0 Å². The zero-order valence-corrected chi connectivity index (χ0v) is 13.4. The van der Waals surface area contributed by atoms with Crippen molar-refractivity contribution in [3.05, 3.63) is 17.7 Å². The summed E-state index contributed by atoms with van der Waals surface area (Å²) in [6, 6.07) is 2.55. The number of hydrogen-bond acceptors (Lipinski definition) is 6. The molecule has 0 aliphatic carbocycles. The third-order valence-electron chi connectivity index (χ3n) is 2.71. The Morgan fingerprint density at radius 2 is 1.91 bits per heavy atom. The number of carboxylic acid groups (broad SMARTS) is 1. The minimum absolute atomic E-state index is 0.0157. The highest BCUT2D eigenvalue weighted by Gasteiger charge is 2.21. The maximum Gasteiger partial charge on any atom is 0.412 e. The monoisotopic (exact) mass is 327 g/mol. The third kappa shape index (κ3) is 5.67. The van der Waals surface area contributed by atoms with Crippen molar-refractivity contribution in [3.8, 4) is 11.5 Å². The van der Waals surface area contributed by atoms with E-state index in [1.54, 1.807) is 20.8 Å². The molecule has 4 N–H and O–H groups in total. The molecule has 0 unspecified atom stereocenters. The molecule has 23 heavy (non-hydrogen) atoms. The number of carbonyl (C=O) groups excluding carboxylic acids is 1. The van der Waals surface area contributed by atoms with Crippen LogP contribution >= 0.6 is 0 Å². The first-order chi connectivity index (χ1) is 10.5. The predicted octanol–water partition coefficient (Wildman–Crippen LogP) is 2.26. The number of nitrogens with one attached hydrogen (secondary N) is 1. The summed E-state index contributed by atoms with van der Waals surface area (Å²) in [4.78, 5) is 22.5. The maximum absolute atomic E-state index is 11.8. The van der Waals surface area contributed by atoms with Crippen molar-refractivity contribution in [2.24, 2.45) is 0 Å². The van der Waals surface area contributed by atoms with Crippen LogP contribution in [0.5, 0.6) is 11.5 Å². The molecule has 0 radical (unpaired) electrons. The lowest BCUT2D eigenvalue weighted by molar-refractivity contribution is -0.139. The summed E-state index contributed by atoms with van der Waals surface area (Å²) in [5.74, 6) is -1.56. The molecule has 0 aliphatic rings. The summed E-state index contributed by atoms with van der Waals surface area (Å²) in [5, 5.41) is 31.0. The number of aliphatic carboxylic acids is 1. The van der Waals surface area contributed by atoms with E-state index in [4.69, 9.17) is 14.6 Å². The Kier molecular flexibility index (Phi) is 5.80. The van der Waals surface area contributed by atoms with Gasteiger partial charge < -0.3 is 24.8 Å². The Morgan fingerprint density at radius 1 is 1.30 bits per heavy atom. The van der Waals surface area contributed by atoms with Crippen molar-refractivity contribution in [2.45, 2.75) is 38.9 Å². The molecule has 8 nitrogen and oxygen atoms in total. The molecule has 0 saturated carbocycles. The molecule has 0 spiro atoms. The largest absolute Gasteiger partial charge is 0.503 e. The first kappa shape index (κ1) is 18.6. The van der Waals surface area contributed by atoms with Crippen LogP contribution in [0.3, 0.4) is 0 Å². The van der Waals surface area contributed by atoms with E-state index in [-0.39, 0.29) is 22.7 Å². The minimum atomic E-state index is -1.32. The highest BCUT2D eigenvalue weighted by Crippen LogP contribution is 2.38. The first-order valence-corrected chi connectivity index (χ1v) is 6.84. The first-order valence-electron chi connectivity index (χ1n) is 6.84. The molecule has 1 rings (SSSR count). The molecule has 0 aromatic heterocycles. The number of carbonyl (C=O) groups is 2. The van der Waals surface area contributed by atoms with E-state index < -0.39 is 30.2 Å². The fraction of sp³-hybridized carbons (Fsp3) is 0.467. The lowest BCUT2D eigenvalue weighted by Crippen LogP contribution is -2.27. The fourth-order valence-electron chi connectivity index (χ4n) is 1.77. The molecule has 0 aliphatic heterocycles. The summed E-state index contributed by atoms with van der Waals surface area (Å²) in [7, 11) is 1.29. The molecular formula is C15H21NO7. The summed E-state index contributed by atoms with van der Waals surface area (Å²) >= 11 is 0. The number of anilines is 1. The van der Waals surface area contributed by atoms with Crippen LogP contribution in [0.4, 0.5) is 10.5 Å². The molecule has 0 fully saturated rings. The van der Waals surface area contributed by atoms with E-state index in [2.05, 4.69) is 5.32 Å². The van der Waals surface area contributed by atoms with E-state index in [1.807, 2.05) is 0 Å². The number of phenols is 1. The molecule has 0 saturated heterocycles. The standard InChI is InChI=1S/C15H21NO7/c1-15(2,3)23-14(21)16-9-5-8(10(17)7-12(18)19)6-11(22-4)13(9)20/h5-6,10,17,20H,7H2,1-4H3,(H,16,21)(H,18,19)/t10-/m1/s1. The van der Waals surface area contributed by atoms with Crippen LogP contribution in [0, 0.1) is 0 Å². The van der Waals surface area contributed by atoms with Crippen LogP contribution in [0.15, 0.2) is 12.1 Å². The Labute approximate surface area is 133 Å². The van der Waals surface area contributed by atoms with Gasteiger partial charge in [-0.05, 0) is 38.5 Å². The number of amides is 1. The van der Waals surface area contributed by atoms with Gasteiger partial charge in [0.15, 0.2) is 11.5 Å². The highest BCUT2D eigenvalue weighted by molar-refractivity contribution is 5.88. The fourth-order valence-corrected chi connectivity index (χ4v) is 1.77. The molecule has 0 bridgehead atoms. The number of ether oxygens (including phenoxy) is 2. The van der Waals surface area contributed by atoms with Gasteiger partial charge in [-0.3, -0.25) is 10.1 Å². The molecule has 1 aromatic carbocycles. The number of phenolic OH excluding ortho intramolecular Hbond substituents is 1. The predicted molar refractivity (Wildman–Crippen MR) is 81.7 cm³/mol. The van der Waals surface area contributed by atoms with E-state index in [9.17, 15) is 19.8 Å². The van der Waals surface area contributed by atoms with Gasteiger partial charge in [-0.1, -0.05) is 0 Å². The topological polar surface area (TPSA) is 125 Å². The maximum atomic E-state index is 11.8. The second-order valence-electron chi connectivity index (χ2n) is 5.86. The van der Waals surface area contributed by atoms with Crippen LogP contribution in [0.2, 0.25) is 0 Å². The minimum Gasteiger partial charge on any atom is -0.503 e. The number of aliphatic hydroxyl groups excluding tert-OH is 1. The summed E-state index contributed by atoms with van der Waals surface area (Å²) in [6.45, 7) is 5.04. The van der Waals surface area contributed by atoms with Crippen LogP contribution in [-0.4, -0.2) is 40.1 Å². The number of aliphatic hydroxyl groups is 1. The lowest BCUT2D eigenvalue weighted by Gasteiger charge is -2.21. The van der Waals surface area contributed by atoms with E-state index in [0.29, 0.717) is 0 Å². The Morgan fingerprint density at radius 3 is 2.39 bits per heavy atom. The van der Waals surface area contributed by atoms with Crippen LogP contribution in [-0.2, 0) is 9.53 Å².